The Morgan fingerprint density at radius 2 is 1.75 bits per heavy atom. The Labute approximate surface area is 210 Å². The minimum Gasteiger partial charge on any atom is -0.338 e. The molecule has 2 fully saturated rings. The van der Waals surface area contributed by atoms with Gasteiger partial charge in [-0.15, -0.1) is 0 Å². The summed E-state index contributed by atoms with van der Waals surface area (Å²) in [5.41, 5.74) is 6.13. The van der Waals surface area contributed by atoms with E-state index in [9.17, 15) is 4.79 Å². The van der Waals surface area contributed by atoms with Crippen molar-refractivity contribution in [3.8, 4) is 11.4 Å². The number of hydrogen-bond acceptors (Lipinski definition) is 3. The van der Waals surface area contributed by atoms with E-state index in [0.717, 1.165) is 59.4 Å². The Morgan fingerprint density at radius 1 is 0.972 bits per heavy atom. The summed E-state index contributed by atoms with van der Waals surface area (Å²) in [4.78, 5) is 22.0. The van der Waals surface area contributed by atoms with Crippen LogP contribution in [0.4, 0.5) is 0 Å². The molecule has 1 amide bonds. The van der Waals surface area contributed by atoms with Crippen LogP contribution >= 0.6 is 0 Å². The number of nitrogens with one attached hydrogen (secondary N) is 1. The van der Waals surface area contributed by atoms with Crippen LogP contribution < -0.4 is 0 Å². The van der Waals surface area contributed by atoms with E-state index in [-0.39, 0.29) is 5.91 Å². The van der Waals surface area contributed by atoms with Gasteiger partial charge in [-0.1, -0.05) is 60.7 Å². The Hall–Kier alpha value is -3.96. The molecule has 1 aromatic heterocycles. The van der Waals surface area contributed by atoms with Gasteiger partial charge < -0.3 is 4.98 Å². The number of aryl methyl sites for hydroxylation is 1. The van der Waals surface area contributed by atoms with Crippen LogP contribution in [0.1, 0.15) is 34.3 Å². The highest BCUT2D eigenvalue weighted by Gasteiger charge is 2.47. The van der Waals surface area contributed by atoms with Crippen LogP contribution in [0.3, 0.4) is 0 Å². The van der Waals surface area contributed by atoms with Gasteiger partial charge in [0.25, 0.3) is 5.91 Å². The first-order valence-corrected chi connectivity index (χ1v) is 12.8. The number of hydrazine groups is 1. The zero-order chi connectivity index (χ0) is 24.2. The van der Waals surface area contributed by atoms with Crippen molar-refractivity contribution in [2.45, 2.75) is 38.3 Å². The predicted octanol–water partition coefficient (Wildman–Crippen LogP) is 6.14. The van der Waals surface area contributed by atoms with E-state index in [1.807, 2.05) is 23.2 Å². The second kappa shape index (κ2) is 8.32. The standard InChI is InChI=1S/C31H28N4O/c1-20-15-24(31(36)35-25-13-14-34(35)26(19-25)16-21-7-3-2-4-8-21)11-12-27(20)30-32-28-17-22-9-5-6-10-23(22)18-29(28)33-30/h2-12,15,17-18,25-26H,13-14,16,19H2,1H3,(H,32,33). The molecule has 2 bridgehead atoms. The van der Waals surface area contributed by atoms with Gasteiger partial charge in [-0.05, 0) is 72.4 Å². The van der Waals surface area contributed by atoms with Gasteiger partial charge in [-0.3, -0.25) is 9.80 Å². The van der Waals surface area contributed by atoms with Gasteiger partial charge in [0.1, 0.15) is 5.82 Å². The third-order valence-corrected chi connectivity index (χ3v) is 7.88. The summed E-state index contributed by atoms with van der Waals surface area (Å²) in [5, 5.41) is 6.72. The highest BCUT2D eigenvalue weighted by atomic mass is 16.2. The number of aromatic amines is 1. The molecule has 5 aromatic rings. The highest BCUT2D eigenvalue weighted by Crippen LogP contribution is 2.37. The molecule has 7 rings (SSSR count). The number of aromatic nitrogens is 2. The summed E-state index contributed by atoms with van der Waals surface area (Å²) < 4.78 is 0. The number of hydrogen-bond donors (Lipinski definition) is 1. The SMILES string of the molecule is Cc1cc(C(=O)N2C3CCN2C(Cc2ccccc2)C3)ccc1-c1nc2cc3ccccc3cc2[nH]1. The Kier molecular flexibility index (Phi) is 4.93. The lowest BCUT2D eigenvalue weighted by atomic mass is 9.97. The Bertz CT molecular complexity index is 1550. The van der Waals surface area contributed by atoms with Crippen molar-refractivity contribution >= 4 is 27.7 Å². The fraction of sp³-hybridized carbons (Fsp3) is 0.226. The van der Waals surface area contributed by atoms with E-state index in [0.29, 0.717) is 12.1 Å². The first-order chi connectivity index (χ1) is 17.6. The number of piperidine rings is 1. The molecule has 5 nitrogen and oxygen atoms in total. The number of rotatable bonds is 4. The number of nitrogens with zero attached hydrogens (tertiary/aromatic N) is 3. The molecule has 0 spiro atoms. The number of imidazole rings is 1. The zero-order valence-electron chi connectivity index (χ0n) is 20.3. The quantitative estimate of drug-likeness (QED) is 0.342. The molecule has 36 heavy (non-hydrogen) atoms. The van der Waals surface area contributed by atoms with Crippen LogP contribution in [0, 0.1) is 6.92 Å². The number of carbonyl (C=O) groups excluding carboxylic acids is 1. The van der Waals surface area contributed by atoms with Crippen molar-refractivity contribution in [2.24, 2.45) is 0 Å². The van der Waals surface area contributed by atoms with Gasteiger partial charge >= 0.3 is 0 Å². The lowest BCUT2D eigenvalue weighted by Gasteiger charge is -2.28. The molecule has 0 aliphatic carbocycles. The van der Waals surface area contributed by atoms with Crippen molar-refractivity contribution in [1.29, 1.82) is 0 Å². The lowest BCUT2D eigenvalue weighted by molar-refractivity contribution is 0.0197. The summed E-state index contributed by atoms with van der Waals surface area (Å²) >= 11 is 0. The van der Waals surface area contributed by atoms with Gasteiger partial charge in [0.05, 0.1) is 17.1 Å². The van der Waals surface area contributed by atoms with E-state index in [1.165, 1.54) is 16.3 Å². The number of benzene rings is 4. The molecule has 2 aliphatic heterocycles. The molecule has 0 saturated carbocycles. The second-order valence-corrected chi connectivity index (χ2v) is 10.2. The first kappa shape index (κ1) is 21.3. The van der Waals surface area contributed by atoms with Crippen LogP contribution in [0.25, 0.3) is 33.2 Å². The van der Waals surface area contributed by atoms with Crippen molar-refractivity contribution in [3.05, 3.63) is 102 Å². The van der Waals surface area contributed by atoms with Crippen LogP contribution in [-0.4, -0.2) is 44.5 Å². The van der Waals surface area contributed by atoms with Gasteiger partial charge in [-0.25, -0.2) is 9.99 Å². The molecular weight excluding hydrogens is 444 g/mol. The average molecular weight is 473 g/mol. The highest BCUT2D eigenvalue weighted by molar-refractivity contribution is 5.97. The van der Waals surface area contributed by atoms with Crippen molar-refractivity contribution in [3.63, 3.8) is 0 Å². The fourth-order valence-corrected chi connectivity index (χ4v) is 6.11. The maximum absolute atomic E-state index is 13.6. The molecule has 2 saturated heterocycles. The van der Waals surface area contributed by atoms with Gasteiger partial charge in [0.2, 0.25) is 0 Å². The fourth-order valence-electron chi connectivity index (χ4n) is 6.11. The topological polar surface area (TPSA) is 52.2 Å². The maximum atomic E-state index is 13.6. The monoisotopic (exact) mass is 472 g/mol. The smallest absolute Gasteiger partial charge is 0.268 e. The second-order valence-electron chi connectivity index (χ2n) is 10.2. The maximum Gasteiger partial charge on any atom is 0.268 e. The van der Waals surface area contributed by atoms with E-state index < -0.39 is 0 Å². The molecule has 5 heteroatoms. The van der Waals surface area contributed by atoms with E-state index in [4.69, 9.17) is 4.98 Å². The first-order valence-electron chi connectivity index (χ1n) is 12.8. The molecule has 1 N–H and O–H groups in total. The number of fused-ring (bicyclic) bond motifs is 4. The predicted molar refractivity (Wildman–Crippen MR) is 144 cm³/mol. The van der Waals surface area contributed by atoms with Crippen molar-refractivity contribution in [1.82, 2.24) is 20.0 Å². The van der Waals surface area contributed by atoms with Crippen LogP contribution in [0.5, 0.6) is 0 Å². The molecule has 4 aromatic carbocycles. The molecule has 0 radical (unpaired) electrons. The molecular formula is C31H28N4O. The normalized spacial score (nSPS) is 21.0. The van der Waals surface area contributed by atoms with E-state index in [1.54, 1.807) is 0 Å². The summed E-state index contributed by atoms with van der Waals surface area (Å²) in [7, 11) is 0. The zero-order valence-corrected chi connectivity index (χ0v) is 20.3. The largest absolute Gasteiger partial charge is 0.338 e. The average Bonchev–Trinajstić information content (AvgIpc) is 3.59. The van der Waals surface area contributed by atoms with E-state index >= 15 is 0 Å². The minimum absolute atomic E-state index is 0.110. The van der Waals surface area contributed by atoms with Crippen molar-refractivity contribution in [2.75, 3.05) is 6.54 Å². The summed E-state index contributed by atoms with van der Waals surface area (Å²) in [6, 6.07) is 29.9. The number of amides is 1. The Balaban J connectivity index is 1.15. The number of carbonyl (C=O) groups is 1. The Morgan fingerprint density at radius 3 is 2.56 bits per heavy atom. The summed E-state index contributed by atoms with van der Waals surface area (Å²) in [6.07, 6.45) is 3.09. The third-order valence-electron chi connectivity index (χ3n) is 7.88. The number of H-pyrrole nitrogens is 1. The minimum atomic E-state index is 0.110. The molecule has 3 unspecified atom stereocenters. The van der Waals surface area contributed by atoms with Crippen molar-refractivity contribution < 1.29 is 4.79 Å². The van der Waals surface area contributed by atoms with Gasteiger partial charge in [-0.2, -0.15) is 0 Å². The molecule has 3 atom stereocenters. The summed E-state index contributed by atoms with van der Waals surface area (Å²) in [5.74, 6) is 0.947. The van der Waals surface area contributed by atoms with E-state index in [2.05, 4.69) is 83.6 Å². The van der Waals surface area contributed by atoms with Gasteiger partial charge in [0.15, 0.2) is 0 Å². The molecule has 3 heterocycles. The third kappa shape index (κ3) is 3.50. The summed E-state index contributed by atoms with van der Waals surface area (Å²) in [6.45, 7) is 3.02. The molecule has 2 aliphatic rings. The van der Waals surface area contributed by atoms with Crippen LogP contribution in [-0.2, 0) is 6.42 Å². The van der Waals surface area contributed by atoms with Gasteiger partial charge in [0, 0.05) is 23.7 Å². The van der Waals surface area contributed by atoms with Crippen LogP contribution in [0.15, 0.2) is 84.9 Å². The van der Waals surface area contributed by atoms with Crippen LogP contribution in [0.2, 0.25) is 0 Å². The molecule has 178 valence electrons. The lowest BCUT2D eigenvalue weighted by Crippen LogP contribution is -2.42.